The summed E-state index contributed by atoms with van der Waals surface area (Å²) in [5.74, 6) is 1.37. The van der Waals surface area contributed by atoms with E-state index in [1.165, 1.54) is 33.4 Å². The third kappa shape index (κ3) is 2.96. The lowest BCUT2D eigenvalue weighted by Gasteiger charge is -2.18. The zero-order valence-electron chi connectivity index (χ0n) is 13.5. The summed E-state index contributed by atoms with van der Waals surface area (Å²) < 4.78 is 0. The molecule has 115 valence electrons. The van der Waals surface area contributed by atoms with E-state index < -0.39 is 0 Å². The first-order valence-electron chi connectivity index (χ1n) is 8.35. The highest BCUT2D eigenvalue weighted by Crippen LogP contribution is 2.30. The molecule has 0 spiro atoms. The summed E-state index contributed by atoms with van der Waals surface area (Å²) in [5, 5.41) is 2.64. The first-order chi connectivity index (χ1) is 11.9. The molecule has 0 nitrogen and oxygen atoms in total. The van der Waals surface area contributed by atoms with E-state index in [4.69, 9.17) is 0 Å². The summed E-state index contributed by atoms with van der Waals surface area (Å²) in [4.78, 5) is 0. The molecule has 0 saturated heterocycles. The molecule has 4 aromatic carbocycles. The fraction of sp³-hybridized carbons (Fsp3) is 0.0417. The Morgan fingerprint density at radius 3 is 1.71 bits per heavy atom. The quantitative estimate of drug-likeness (QED) is 0.430. The van der Waals surface area contributed by atoms with Crippen LogP contribution in [-0.4, -0.2) is 0 Å². The van der Waals surface area contributed by atoms with E-state index in [1.54, 1.807) is 0 Å². The molecule has 0 heterocycles. The van der Waals surface area contributed by atoms with Crippen LogP contribution in [0.5, 0.6) is 0 Å². The van der Waals surface area contributed by atoms with Gasteiger partial charge in [-0.05, 0) is 33.9 Å². The third-order valence-electron chi connectivity index (χ3n) is 4.49. The predicted octanol–water partition coefficient (Wildman–Crippen LogP) is 6.05. The zero-order chi connectivity index (χ0) is 16.2. The second-order valence-corrected chi connectivity index (χ2v) is 6.03. The van der Waals surface area contributed by atoms with E-state index >= 15 is 0 Å². The molecule has 4 rings (SSSR count). The van der Waals surface area contributed by atoms with Crippen LogP contribution in [0.4, 0.5) is 0 Å². The molecule has 0 atom stereocenters. The van der Waals surface area contributed by atoms with Crippen LogP contribution < -0.4 is 0 Å². The van der Waals surface area contributed by atoms with Crippen molar-refractivity contribution in [1.82, 2.24) is 0 Å². The minimum atomic E-state index is 0.926. The third-order valence-corrected chi connectivity index (χ3v) is 4.49. The Morgan fingerprint density at radius 1 is 0.500 bits per heavy atom. The SMILES string of the molecule is c1ccc([C](Cc2cccc3ccccc23)c2ccccc2)cc1. The Kier molecular flexibility index (Phi) is 4.12. The second kappa shape index (κ2) is 6.72. The average Bonchev–Trinajstić information content (AvgIpc) is 2.67. The van der Waals surface area contributed by atoms with Crippen molar-refractivity contribution in [3.05, 3.63) is 126 Å². The predicted molar refractivity (Wildman–Crippen MR) is 102 cm³/mol. The molecule has 0 bridgehead atoms. The Bertz CT molecular complexity index is 879. The lowest BCUT2D eigenvalue weighted by molar-refractivity contribution is 1.04. The standard InChI is InChI=1S/C24H19/c1-3-10-20(11-4-1)24(21-12-5-2-6-13-21)18-22-16-9-15-19-14-7-8-17-23(19)22/h1-17H,18H2. The van der Waals surface area contributed by atoms with Gasteiger partial charge in [0.1, 0.15) is 0 Å². The fourth-order valence-electron chi connectivity index (χ4n) is 3.29. The number of hydrogen-bond donors (Lipinski definition) is 0. The van der Waals surface area contributed by atoms with Gasteiger partial charge in [0, 0.05) is 5.92 Å². The van der Waals surface area contributed by atoms with Crippen molar-refractivity contribution < 1.29 is 0 Å². The summed E-state index contributed by atoms with van der Waals surface area (Å²) >= 11 is 0. The molecule has 0 fully saturated rings. The molecule has 0 aliphatic rings. The monoisotopic (exact) mass is 307 g/mol. The second-order valence-electron chi connectivity index (χ2n) is 6.03. The van der Waals surface area contributed by atoms with Gasteiger partial charge in [-0.25, -0.2) is 0 Å². The van der Waals surface area contributed by atoms with Crippen molar-refractivity contribution in [2.45, 2.75) is 6.42 Å². The van der Waals surface area contributed by atoms with Crippen LogP contribution in [0.3, 0.4) is 0 Å². The number of rotatable bonds is 4. The molecule has 0 unspecified atom stereocenters. The summed E-state index contributed by atoms with van der Waals surface area (Å²) in [6.45, 7) is 0. The van der Waals surface area contributed by atoms with Gasteiger partial charge in [-0.2, -0.15) is 0 Å². The number of hydrogen-bond acceptors (Lipinski definition) is 0. The Hall–Kier alpha value is -2.86. The lowest BCUT2D eigenvalue weighted by Crippen LogP contribution is -2.06. The zero-order valence-corrected chi connectivity index (χ0v) is 13.5. The summed E-state index contributed by atoms with van der Waals surface area (Å²) in [5.41, 5.74) is 3.95. The van der Waals surface area contributed by atoms with E-state index in [0.717, 1.165) is 6.42 Å². The van der Waals surface area contributed by atoms with Crippen molar-refractivity contribution in [3.8, 4) is 0 Å². The van der Waals surface area contributed by atoms with Crippen LogP contribution in [0.1, 0.15) is 16.7 Å². The van der Waals surface area contributed by atoms with Gasteiger partial charge >= 0.3 is 0 Å². The fourth-order valence-corrected chi connectivity index (χ4v) is 3.29. The van der Waals surface area contributed by atoms with Crippen molar-refractivity contribution in [2.24, 2.45) is 0 Å². The highest BCUT2D eigenvalue weighted by atomic mass is 14.2. The Morgan fingerprint density at radius 2 is 1.04 bits per heavy atom. The van der Waals surface area contributed by atoms with Gasteiger partial charge in [0.15, 0.2) is 0 Å². The molecule has 24 heavy (non-hydrogen) atoms. The maximum absolute atomic E-state index is 2.24. The normalized spacial score (nSPS) is 11.0. The molecule has 0 heteroatoms. The van der Waals surface area contributed by atoms with Crippen LogP contribution in [0.2, 0.25) is 0 Å². The molecule has 0 amide bonds. The smallest absolute Gasteiger partial charge is 0.0383 e. The molecule has 1 radical (unpaired) electrons. The highest BCUT2D eigenvalue weighted by molar-refractivity contribution is 5.86. The van der Waals surface area contributed by atoms with Crippen molar-refractivity contribution in [2.75, 3.05) is 0 Å². The molecule has 0 saturated carbocycles. The van der Waals surface area contributed by atoms with Crippen LogP contribution >= 0.6 is 0 Å². The molecule has 0 aromatic heterocycles. The maximum Gasteiger partial charge on any atom is 0.0383 e. The van der Waals surface area contributed by atoms with Crippen LogP contribution in [-0.2, 0) is 6.42 Å². The summed E-state index contributed by atoms with van der Waals surface area (Å²) in [6.07, 6.45) is 0.926. The molecule has 4 aromatic rings. The molecule has 0 aliphatic carbocycles. The largest absolute Gasteiger partial charge is 0.0622 e. The first kappa shape index (κ1) is 14.7. The van der Waals surface area contributed by atoms with Gasteiger partial charge in [-0.3, -0.25) is 0 Å². The van der Waals surface area contributed by atoms with E-state index in [1.807, 2.05) is 0 Å². The van der Waals surface area contributed by atoms with E-state index in [2.05, 4.69) is 103 Å². The van der Waals surface area contributed by atoms with Gasteiger partial charge < -0.3 is 0 Å². The van der Waals surface area contributed by atoms with E-state index in [-0.39, 0.29) is 0 Å². The first-order valence-corrected chi connectivity index (χ1v) is 8.35. The average molecular weight is 307 g/mol. The lowest BCUT2D eigenvalue weighted by atomic mass is 9.85. The molecular weight excluding hydrogens is 288 g/mol. The van der Waals surface area contributed by atoms with Crippen molar-refractivity contribution in [1.29, 1.82) is 0 Å². The number of benzene rings is 4. The van der Waals surface area contributed by atoms with E-state index in [9.17, 15) is 0 Å². The van der Waals surface area contributed by atoms with Crippen LogP contribution in [0.15, 0.2) is 103 Å². The highest BCUT2D eigenvalue weighted by Gasteiger charge is 2.16. The molecular formula is C24H19. The van der Waals surface area contributed by atoms with Gasteiger partial charge in [-0.15, -0.1) is 0 Å². The van der Waals surface area contributed by atoms with Crippen LogP contribution in [0, 0.1) is 5.92 Å². The van der Waals surface area contributed by atoms with Gasteiger partial charge in [0.05, 0.1) is 0 Å². The minimum Gasteiger partial charge on any atom is -0.0622 e. The van der Waals surface area contributed by atoms with E-state index in [0.29, 0.717) is 0 Å². The van der Waals surface area contributed by atoms with Crippen molar-refractivity contribution in [3.63, 3.8) is 0 Å². The number of fused-ring (bicyclic) bond motifs is 1. The topological polar surface area (TPSA) is 0 Å². The maximum atomic E-state index is 2.24. The van der Waals surface area contributed by atoms with Gasteiger partial charge in [0.2, 0.25) is 0 Å². The summed E-state index contributed by atoms with van der Waals surface area (Å²) in [7, 11) is 0. The molecule has 0 N–H and O–H groups in total. The Labute approximate surface area is 143 Å². The minimum absolute atomic E-state index is 0.926. The van der Waals surface area contributed by atoms with Crippen LogP contribution in [0.25, 0.3) is 10.8 Å². The Balaban J connectivity index is 1.80. The summed E-state index contributed by atoms with van der Waals surface area (Å²) in [6, 6.07) is 36.6. The van der Waals surface area contributed by atoms with Crippen molar-refractivity contribution >= 4 is 10.8 Å². The van der Waals surface area contributed by atoms with Gasteiger partial charge in [0.25, 0.3) is 0 Å². The molecule has 0 aliphatic heterocycles. The van der Waals surface area contributed by atoms with Gasteiger partial charge in [-0.1, -0.05) is 103 Å².